The summed E-state index contributed by atoms with van der Waals surface area (Å²) in [4.78, 5) is 11.6. The van der Waals surface area contributed by atoms with Crippen LogP contribution >= 0.6 is 0 Å². The maximum absolute atomic E-state index is 13.3. The maximum Gasteiger partial charge on any atom is 0.246 e. The van der Waals surface area contributed by atoms with E-state index in [-0.39, 0.29) is 30.3 Å². The van der Waals surface area contributed by atoms with E-state index in [0.717, 1.165) is 18.5 Å². The molecule has 0 radical (unpaired) electrons. The Balaban J connectivity index is 2.09. The predicted molar refractivity (Wildman–Crippen MR) is 70.4 cm³/mol. The van der Waals surface area contributed by atoms with Crippen LogP contribution in [0.3, 0.4) is 0 Å². The Morgan fingerprint density at radius 2 is 2.42 bits per heavy atom. The highest BCUT2D eigenvalue weighted by Crippen LogP contribution is 2.26. The molecule has 0 bridgehead atoms. The molecule has 1 saturated heterocycles. The lowest BCUT2D eigenvalue weighted by atomic mass is 9.86. The van der Waals surface area contributed by atoms with Crippen molar-refractivity contribution in [3.8, 4) is 0 Å². The molecule has 4 nitrogen and oxygen atoms in total. The second-order valence-electron chi connectivity index (χ2n) is 4.76. The Labute approximate surface area is 112 Å². The second-order valence-corrected chi connectivity index (χ2v) is 4.76. The van der Waals surface area contributed by atoms with E-state index in [2.05, 4.69) is 10.6 Å². The fourth-order valence-corrected chi connectivity index (χ4v) is 2.53. The number of methoxy groups -OCH3 is 1. The molecule has 5 heteroatoms. The fraction of sp³-hybridized carbons (Fsp3) is 0.500. The van der Waals surface area contributed by atoms with E-state index in [1.807, 2.05) is 6.07 Å². The molecule has 104 valence electrons. The molecule has 1 aliphatic heterocycles. The van der Waals surface area contributed by atoms with E-state index >= 15 is 0 Å². The maximum atomic E-state index is 13.3. The predicted octanol–water partition coefficient (Wildman–Crippen LogP) is 1.03. The highest BCUT2D eigenvalue weighted by molar-refractivity contribution is 5.77. The van der Waals surface area contributed by atoms with Gasteiger partial charge in [0.05, 0.1) is 0 Å². The molecular formula is C14H19FN2O2. The van der Waals surface area contributed by atoms with E-state index in [9.17, 15) is 9.18 Å². The molecule has 0 aromatic heterocycles. The van der Waals surface area contributed by atoms with Crippen LogP contribution < -0.4 is 10.6 Å². The topological polar surface area (TPSA) is 50.4 Å². The van der Waals surface area contributed by atoms with Crippen LogP contribution in [0.1, 0.15) is 17.9 Å². The molecule has 1 aliphatic rings. The number of ether oxygens (including phenoxy) is 1. The Hall–Kier alpha value is -1.46. The lowest BCUT2D eigenvalue weighted by Crippen LogP contribution is -2.50. The molecule has 1 aromatic carbocycles. The SMILES string of the molecule is COCC(=O)NC1CNCCC1c1cccc(F)c1. The third kappa shape index (κ3) is 3.75. The van der Waals surface area contributed by atoms with Crippen LogP contribution in [0.25, 0.3) is 0 Å². The van der Waals surface area contributed by atoms with E-state index in [1.165, 1.54) is 13.2 Å². The summed E-state index contributed by atoms with van der Waals surface area (Å²) in [6.07, 6.45) is 0.876. The van der Waals surface area contributed by atoms with E-state index in [4.69, 9.17) is 4.74 Å². The number of piperidine rings is 1. The van der Waals surface area contributed by atoms with Gasteiger partial charge in [-0.2, -0.15) is 0 Å². The Kier molecular flexibility index (Phi) is 4.87. The monoisotopic (exact) mass is 266 g/mol. The van der Waals surface area contributed by atoms with Gasteiger partial charge in [-0.25, -0.2) is 4.39 Å². The van der Waals surface area contributed by atoms with Gasteiger partial charge in [-0.1, -0.05) is 12.1 Å². The standard InChI is InChI=1S/C14H19FN2O2/c1-19-9-14(18)17-13-8-16-6-5-12(13)10-3-2-4-11(15)7-10/h2-4,7,12-13,16H,5-6,8-9H2,1H3,(H,17,18). The van der Waals surface area contributed by atoms with Crippen molar-refractivity contribution in [3.63, 3.8) is 0 Å². The van der Waals surface area contributed by atoms with Gasteiger partial charge in [0.2, 0.25) is 5.91 Å². The third-order valence-corrected chi connectivity index (χ3v) is 3.38. The second kappa shape index (κ2) is 6.63. The van der Waals surface area contributed by atoms with Gasteiger partial charge in [0, 0.05) is 25.6 Å². The Morgan fingerprint density at radius 1 is 1.58 bits per heavy atom. The van der Waals surface area contributed by atoms with Crippen molar-refractivity contribution in [2.24, 2.45) is 0 Å². The third-order valence-electron chi connectivity index (χ3n) is 3.38. The van der Waals surface area contributed by atoms with Gasteiger partial charge >= 0.3 is 0 Å². The fourth-order valence-electron chi connectivity index (χ4n) is 2.53. The molecule has 2 rings (SSSR count). The number of carbonyl (C=O) groups excluding carboxylic acids is 1. The van der Waals surface area contributed by atoms with Gasteiger partial charge in [0.1, 0.15) is 12.4 Å². The first-order valence-corrected chi connectivity index (χ1v) is 6.45. The average Bonchev–Trinajstić information content (AvgIpc) is 2.39. The van der Waals surface area contributed by atoms with Crippen molar-refractivity contribution in [2.75, 3.05) is 26.8 Å². The summed E-state index contributed by atoms with van der Waals surface area (Å²) in [5, 5.41) is 6.19. The molecule has 2 unspecified atom stereocenters. The summed E-state index contributed by atoms with van der Waals surface area (Å²) in [5.74, 6) is -0.242. The molecule has 0 spiro atoms. The van der Waals surface area contributed by atoms with Crippen LogP contribution in [-0.4, -0.2) is 38.8 Å². The van der Waals surface area contributed by atoms with Gasteiger partial charge in [0.25, 0.3) is 0 Å². The smallest absolute Gasteiger partial charge is 0.246 e. The lowest BCUT2D eigenvalue weighted by Gasteiger charge is -2.33. The lowest BCUT2D eigenvalue weighted by molar-refractivity contribution is -0.125. The normalized spacial score (nSPS) is 23.1. The average molecular weight is 266 g/mol. The van der Waals surface area contributed by atoms with Crippen LogP contribution in [0.4, 0.5) is 4.39 Å². The van der Waals surface area contributed by atoms with Crippen LogP contribution in [0.2, 0.25) is 0 Å². The number of carbonyl (C=O) groups is 1. The Bertz CT molecular complexity index is 439. The van der Waals surface area contributed by atoms with Crippen molar-refractivity contribution in [1.82, 2.24) is 10.6 Å². The molecule has 0 aliphatic carbocycles. The van der Waals surface area contributed by atoms with E-state index in [1.54, 1.807) is 12.1 Å². The van der Waals surface area contributed by atoms with Crippen molar-refractivity contribution in [3.05, 3.63) is 35.6 Å². The quantitative estimate of drug-likeness (QED) is 0.856. The summed E-state index contributed by atoms with van der Waals surface area (Å²) < 4.78 is 18.1. The zero-order valence-corrected chi connectivity index (χ0v) is 11.0. The number of amides is 1. The van der Waals surface area contributed by atoms with Gasteiger partial charge < -0.3 is 15.4 Å². The number of rotatable bonds is 4. The van der Waals surface area contributed by atoms with Crippen LogP contribution in [-0.2, 0) is 9.53 Å². The zero-order valence-electron chi connectivity index (χ0n) is 11.0. The molecule has 1 heterocycles. The molecular weight excluding hydrogens is 247 g/mol. The van der Waals surface area contributed by atoms with Gasteiger partial charge in [0.15, 0.2) is 0 Å². The van der Waals surface area contributed by atoms with Crippen molar-refractivity contribution in [2.45, 2.75) is 18.4 Å². The molecule has 0 saturated carbocycles. The first kappa shape index (κ1) is 14.0. The van der Waals surface area contributed by atoms with Gasteiger partial charge in [-0.3, -0.25) is 4.79 Å². The molecule has 19 heavy (non-hydrogen) atoms. The highest BCUT2D eigenvalue weighted by Gasteiger charge is 2.27. The number of benzene rings is 1. The van der Waals surface area contributed by atoms with Crippen LogP contribution in [0.15, 0.2) is 24.3 Å². The van der Waals surface area contributed by atoms with E-state index < -0.39 is 0 Å². The number of halogens is 1. The summed E-state index contributed by atoms with van der Waals surface area (Å²) in [6.45, 7) is 1.61. The van der Waals surface area contributed by atoms with Crippen molar-refractivity contribution < 1.29 is 13.9 Å². The first-order valence-electron chi connectivity index (χ1n) is 6.45. The molecule has 1 fully saturated rings. The van der Waals surface area contributed by atoms with Gasteiger partial charge in [-0.15, -0.1) is 0 Å². The minimum Gasteiger partial charge on any atom is -0.375 e. The summed E-state index contributed by atoms with van der Waals surface area (Å²) in [5.41, 5.74) is 0.934. The van der Waals surface area contributed by atoms with Crippen LogP contribution in [0.5, 0.6) is 0 Å². The Morgan fingerprint density at radius 3 is 3.16 bits per heavy atom. The summed E-state index contributed by atoms with van der Waals surface area (Å²) in [6, 6.07) is 6.57. The molecule has 1 aromatic rings. The summed E-state index contributed by atoms with van der Waals surface area (Å²) in [7, 11) is 1.49. The highest BCUT2D eigenvalue weighted by atomic mass is 19.1. The molecule has 2 atom stereocenters. The first-order chi connectivity index (χ1) is 9.20. The van der Waals surface area contributed by atoms with Crippen molar-refractivity contribution >= 4 is 5.91 Å². The largest absolute Gasteiger partial charge is 0.375 e. The van der Waals surface area contributed by atoms with Crippen LogP contribution in [0, 0.1) is 5.82 Å². The zero-order chi connectivity index (χ0) is 13.7. The van der Waals surface area contributed by atoms with E-state index in [0.29, 0.717) is 6.54 Å². The number of nitrogens with one attached hydrogen (secondary N) is 2. The minimum absolute atomic E-state index is 0.0294. The molecule has 1 amide bonds. The summed E-state index contributed by atoms with van der Waals surface area (Å²) >= 11 is 0. The van der Waals surface area contributed by atoms with Gasteiger partial charge in [-0.05, 0) is 30.7 Å². The molecule has 2 N–H and O–H groups in total. The number of hydrogen-bond acceptors (Lipinski definition) is 3. The minimum atomic E-state index is -0.238. The number of hydrogen-bond donors (Lipinski definition) is 2. The van der Waals surface area contributed by atoms with Crippen molar-refractivity contribution in [1.29, 1.82) is 0 Å².